The van der Waals surface area contributed by atoms with Crippen molar-refractivity contribution in [1.82, 2.24) is 4.98 Å². The molecule has 1 aromatic rings. The summed E-state index contributed by atoms with van der Waals surface area (Å²) in [6.45, 7) is 2.27. The van der Waals surface area contributed by atoms with Gasteiger partial charge >= 0.3 is 0 Å². The van der Waals surface area contributed by atoms with Gasteiger partial charge in [0.15, 0.2) is 0 Å². The predicted molar refractivity (Wildman–Crippen MR) is 87.8 cm³/mol. The van der Waals surface area contributed by atoms with Crippen LogP contribution in [0.25, 0.3) is 0 Å². The maximum atomic E-state index is 6.17. The van der Waals surface area contributed by atoms with E-state index in [0.717, 1.165) is 12.8 Å². The van der Waals surface area contributed by atoms with E-state index in [4.69, 9.17) is 5.73 Å². The van der Waals surface area contributed by atoms with Crippen LogP contribution in [0.15, 0.2) is 24.5 Å². The second-order valence-corrected chi connectivity index (χ2v) is 5.94. The Balaban J connectivity index is 1.91. The SMILES string of the molecule is CCCCCCCCCCCC(N)Cc1cccnc1. The van der Waals surface area contributed by atoms with Crippen LogP contribution in [0.3, 0.4) is 0 Å². The average Bonchev–Trinajstić information content (AvgIpc) is 2.46. The third-order valence-electron chi connectivity index (χ3n) is 3.90. The minimum atomic E-state index is 0.295. The maximum absolute atomic E-state index is 6.17. The molecule has 1 rings (SSSR count). The minimum absolute atomic E-state index is 0.295. The van der Waals surface area contributed by atoms with Crippen molar-refractivity contribution in [2.75, 3.05) is 0 Å². The number of nitrogens with two attached hydrogens (primary N) is 1. The summed E-state index contributed by atoms with van der Waals surface area (Å²) >= 11 is 0. The maximum Gasteiger partial charge on any atom is 0.0300 e. The quantitative estimate of drug-likeness (QED) is 0.553. The van der Waals surface area contributed by atoms with Gasteiger partial charge in [-0.15, -0.1) is 0 Å². The lowest BCUT2D eigenvalue weighted by Crippen LogP contribution is -2.22. The molecule has 0 bridgehead atoms. The molecule has 0 saturated carbocycles. The Morgan fingerprint density at radius 1 is 1.00 bits per heavy atom. The summed E-state index contributed by atoms with van der Waals surface area (Å²) in [5.74, 6) is 0. The molecule has 1 aromatic heterocycles. The van der Waals surface area contributed by atoms with Gasteiger partial charge in [0, 0.05) is 18.4 Å². The first-order valence-corrected chi connectivity index (χ1v) is 8.47. The lowest BCUT2D eigenvalue weighted by Gasteiger charge is -2.11. The van der Waals surface area contributed by atoms with Crippen LogP contribution in [-0.4, -0.2) is 11.0 Å². The van der Waals surface area contributed by atoms with Crippen molar-refractivity contribution in [1.29, 1.82) is 0 Å². The topological polar surface area (TPSA) is 38.9 Å². The van der Waals surface area contributed by atoms with Crippen LogP contribution in [0.2, 0.25) is 0 Å². The summed E-state index contributed by atoms with van der Waals surface area (Å²) in [4.78, 5) is 4.13. The third kappa shape index (κ3) is 9.08. The fourth-order valence-corrected chi connectivity index (χ4v) is 2.64. The first kappa shape index (κ1) is 17.2. The van der Waals surface area contributed by atoms with Gasteiger partial charge in [0.2, 0.25) is 0 Å². The van der Waals surface area contributed by atoms with Crippen molar-refractivity contribution in [2.24, 2.45) is 5.73 Å². The monoisotopic (exact) mass is 276 g/mol. The van der Waals surface area contributed by atoms with Gasteiger partial charge in [0.1, 0.15) is 0 Å². The number of hydrogen-bond acceptors (Lipinski definition) is 2. The Kier molecular flexibility index (Phi) is 10.2. The number of hydrogen-bond donors (Lipinski definition) is 1. The summed E-state index contributed by atoms with van der Waals surface area (Å²) < 4.78 is 0. The van der Waals surface area contributed by atoms with E-state index >= 15 is 0 Å². The largest absolute Gasteiger partial charge is 0.327 e. The predicted octanol–water partition coefficient (Wildman–Crippen LogP) is 4.87. The summed E-state index contributed by atoms with van der Waals surface area (Å²) in [5.41, 5.74) is 7.43. The molecule has 2 N–H and O–H groups in total. The molecular formula is C18H32N2. The minimum Gasteiger partial charge on any atom is -0.327 e. The van der Waals surface area contributed by atoms with E-state index in [1.807, 2.05) is 18.5 Å². The van der Waals surface area contributed by atoms with Crippen molar-refractivity contribution in [3.05, 3.63) is 30.1 Å². The molecule has 0 aliphatic heterocycles. The summed E-state index contributed by atoms with van der Waals surface area (Å²) in [6.07, 6.45) is 18.3. The zero-order valence-electron chi connectivity index (χ0n) is 13.2. The van der Waals surface area contributed by atoms with Crippen LogP contribution >= 0.6 is 0 Å². The Morgan fingerprint density at radius 2 is 1.65 bits per heavy atom. The summed E-state index contributed by atoms with van der Waals surface area (Å²) in [5, 5.41) is 0. The standard InChI is InChI=1S/C18H32N2/c1-2-3-4-5-6-7-8-9-10-13-18(19)15-17-12-11-14-20-16-17/h11-12,14,16,18H,2-10,13,15,19H2,1H3. The Bertz CT molecular complexity index is 310. The highest BCUT2D eigenvalue weighted by Gasteiger charge is 2.03. The van der Waals surface area contributed by atoms with Gasteiger partial charge < -0.3 is 5.73 Å². The van der Waals surface area contributed by atoms with Gasteiger partial charge in [0.25, 0.3) is 0 Å². The highest BCUT2D eigenvalue weighted by atomic mass is 14.6. The van der Waals surface area contributed by atoms with Crippen LogP contribution in [0.5, 0.6) is 0 Å². The number of nitrogens with zero attached hydrogens (tertiary/aromatic N) is 1. The first-order valence-electron chi connectivity index (χ1n) is 8.47. The normalized spacial score (nSPS) is 12.5. The van der Waals surface area contributed by atoms with Gasteiger partial charge in [-0.2, -0.15) is 0 Å². The molecule has 20 heavy (non-hydrogen) atoms. The lowest BCUT2D eigenvalue weighted by molar-refractivity contribution is 0.522. The van der Waals surface area contributed by atoms with E-state index in [1.54, 1.807) is 0 Å². The van der Waals surface area contributed by atoms with Gasteiger partial charge in [-0.3, -0.25) is 4.98 Å². The third-order valence-corrected chi connectivity index (χ3v) is 3.90. The molecule has 0 aliphatic carbocycles. The molecule has 2 nitrogen and oxygen atoms in total. The van der Waals surface area contributed by atoms with E-state index in [2.05, 4.69) is 18.0 Å². The fourth-order valence-electron chi connectivity index (χ4n) is 2.64. The number of unbranched alkanes of at least 4 members (excludes halogenated alkanes) is 8. The highest BCUT2D eigenvalue weighted by molar-refractivity contribution is 5.09. The van der Waals surface area contributed by atoms with Gasteiger partial charge in [-0.1, -0.05) is 70.8 Å². The highest BCUT2D eigenvalue weighted by Crippen LogP contribution is 2.12. The molecule has 114 valence electrons. The van der Waals surface area contributed by atoms with Crippen LogP contribution in [0.4, 0.5) is 0 Å². The van der Waals surface area contributed by atoms with E-state index in [9.17, 15) is 0 Å². The number of aromatic nitrogens is 1. The zero-order valence-corrected chi connectivity index (χ0v) is 13.2. The molecular weight excluding hydrogens is 244 g/mol. The second-order valence-electron chi connectivity index (χ2n) is 5.94. The Morgan fingerprint density at radius 3 is 2.25 bits per heavy atom. The second kappa shape index (κ2) is 11.9. The number of pyridine rings is 1. The van der Waals surface area contributed by atoms with Crippen molar-refractivity contribution < 1.29 is 0 Å². The molecule has 1 heterocycles. The Labute approximate surface area is 125 Å². The molecule has 0 fully saturated rings. The van der Waals surface area contributed by atoms with Crippen LogP contribution in [0.1, 0.15) is 76.7 Å². The van der Waals surface area contributed by atoms with Gasteiger partial charge in [-0.25, -0.2) is 0 Å². The van der Waals surface area contributed by atoms with Crippen molar-refractivity contribution in [2.45, 2.75) is 83.6 Å². The molecule has 0 saturated heterocycles. The molecule has 0 aromatic carbocycles. The molecule has 0 aliphatic rings. The molecule has 1 atom stereocenters. The van der Waals surface area contributed by atoms with Gasteiger partial charge in [-0.05, 0) is 24.5 Å². The summed E-state index contributed by atoms with van der Waals surface area (Å²) in [6, 6.07) is 4.40. The molecule has 0 spiro atoms. The molecule has 0 amide bonds. The van der Waals surface area contributed by atoms with Crippen LogP contribution < -0.4 is 5.73 Å². The molecule has 2 heteroatoms. The average molecular weight is 276 g/mol. The molecule has 1 unspecified atom stereocenters. The van der Waals surface area contributed by atoms with Gasteiger partial charge in [0.05, 0.1) is 0 Å². The molecule has 0 radical (unpaired) electrons. The first-order chi connectivity index (χ1) is 9.83. The summed E-state index contributed by atoms with van der Waals surface area (Å²) in [7, 11) is 0. The van der Waals surface area contributed by atoms with Crippen LogP contribution in [0, 0.1) is 0 Å². The van der Waals surface area contributed by atoms with Crippen molar-refractivity contribution in [3.8, 4) is 0 Å². The van der Waals surface area contributed by atoms with E-state index < -0.39 is 0 Å². The number of rotatable bonds is 12. The van der Waals surface area contributed by atoms with Crippen LogP contribution in [-0.2, 0) is 6.42 Å². The van der Waals surface area contributed by atoms with Crippen molar-refractivity contribution >= 4 is 0 Å². The Hall–Kier alpha value is -0.890. The van der Waals surface area contributed by atoms with E-state index in [0.29, 0.717) is 6.04 Å². The van der Waals surface area contributed by atoms with E-state index in [-0.39, 0.29) is 0 Å². The van der Waals surface area contributed by atoms with Crippen molar-refractivity contribution in [3.63, 3.8) is 0 Å². The lowest BCUT2D eigenvalue weighted by atomic mass is 10.0. The smallest absolute Gasteiger partial charge is 0.0300 e. The zero-order chi connectivity index (χ0) is 14.5. The fraction of sp³-hybridized carbons (Fsp3) is 0.722. The van der Waals surface area contributed by atoms with E-state index in [1.165, 1.54) is 63.4 Å².